The van der Waals surface area contributed by atoms with Gasteiger partial charge in [-0.05, 0) is 54.5 Å². The number of aryl methyl sites for hydroxylation is 1. The number of amides is 4. The first kappa shape index (κ1) is 23.1. The van der Waals surface area contributed by atoms with Gasteiger partial charge in [0.25, 0.3) is 5.91 Å². The molecule has 2 aliphatic heterocycles. The van der Waals surface area contributed by atoms with Gasteiger partial charge < -0.3 is 15.0 Å². The summed E-state index contributed by atoms with van der Waals surface area (Å²) in [4.78, 5) is 39.7. The average molecular weight is 470 g/mol. The average Bonchev–Trinajstić information content (AvgIpc) is 3.12. The van der Waals surface area contributed by atoms with E-state index in [2.05, 4.69) is 10.6 Å². The normalized spacial score (nSPS) is 21.0. The smallest absolute Gasteiger partial charge is 0.322 e. The van der Waals surface area contributed by atoms with Crippen molar-refractivity contribution in [2.75, 3.05) is 20.2 Å². The summed E-state index contributed by atoms with van der Waals surface area (Å²) < 4.78 is 5.25. The molecule has 174 valence electrons. The predicted molar refractivity (Wildman–Crippen MR) is 125 cm³/mol. The van der Waals surface area contributed by atoms with Crippen molar-refractivity contribution in [3.05, 3.63) is 64.7 Å². The van der Waals surface area contributed by atoms with Crippen LogP contribution in [0.3, 0.4) is 0 Å². The zero-order chi connectivity index (χ0) is 23.4. The number of methoxy groups -OCH3 is 1. The van der Waals surface area contributed by atoms with Crippen LogP contribution >= 0.6 is 11.6 Å². The van der Waals surface area contributed by atoms with Crippen molar-refractivity contribution in [2.45, 2.75) is 37.6 Å². The second-order valence-electron chi connectivity index (χ2n) is 8.65. The molecule has 33 heavy (non-hydrogen) atoms. The molecule has 2 heterocycles. The molecule has 1 atom stereocenters. The van der Waals surface area contributed by atoms with E-state index in [4.69, 9.17) is 16.3 Å². The van der Waals surface area contributed by atoms with E-state index in [0.29, 0.717) is 50.2 Å². The molecule has 4 amide bonds. The van der Waals surface area contributed by atoms with Gasteiger partial charge in [0, 0.05) is 31.0 Å². The Morgan fingerprint density at radius 1 is 1.15 bits per heavy atom. The highest BCUT2D eigenvalue weighted by Crippen LogP contribution is 2.35. The molecule has 2 aromatic carbocycles. The number of halogens is 1. The summed E-state index contributed by atoms with van der Waals surface area (Å²) >= 11 is 6.35. The second kappa shape index (κ2) is 9.83. The third kappa shape index (κ3) is 4.98. The van der Waals surface area contributed by atoms with Crippen molar-refractivity contribution in [3.8, 4) is 5.75 Å². The van der Waals surface area contributed by atoms with Crippen molar-refractivity contribution in [2.24, 2.45) is 5.92 Å². The van der Waals surface area contributed by atoms with Gasteiger partial charge in [0.2, 0.25) is 5.91 Å². The molecule has 0 saturated carbocycles. The SMILES string of the molecule is COc1cccc(CCC(=O)N2CCC(C3(Cc4ccccc4Cl)NC(=O)NC3=O)CC2)c1. The maximum Gasteiger partial charge on any atom is 0.322 e. The van der Waals surface area contributed by atoms with Crippen LogP contribution in [0.5, 0.6) is 5.75 Å². The number of imide groups is 1. The van der Waals surface area contributed by atoms with Gasteiger partial charge in [0.1, 0.15) is 11.3 Å². The Bertz CT molecular complexity index is 1050. The molecule has 7 nitrogen and oxygen atoms in total. The molecule has 1 unspecified atom stereocenters. The summed E-state index contributed by atoms with van der Waals surface area (Å²) in [7, 11) is 1.62. The number of piperidine rings is 1. The van der Waals surface area contributed by atoms with E-state index < -0.39 is 11.6 Å². The lowest BCUT2D eigenvalue weighted by atomic mass is 9.74. The molecule has 0 aliphatic carbocycles. The zero-order valence-corrected chi connectivity index (χ0v) is 19.4. The summed E-state index contributed by atoms with van der Waals surface area (Å²) in [6.45, 7) is 1.10. The molecule has 2 aliphatic rings. The first-order valence-electron chi connectivity index (χ1n) is 11.2. The minimum atomic E-state index is -1.06. The molecular weight excluding hydrogens is 442 g/mol. The van der Waals surface area contributed by atoms with Crippen LogP contribution in [0.15, 0.2) is 48.5 Å². The number of nitrogens with zero attached hydrogens (tertiary/aromatic N) is 1. The van der Waals surface area contributed by atoms with E-state index >= 15 is 0 Å². The number of hydrogen-bond donors (Lipinski definition) is 2. The largest absolute Gasteiger partial charge is 0.497 e. The van der Waals surface area contributed by atoms with E-state index in [1.807, 2.05) is 47.4 Å². The number of likely N-dealkylation sites (tertiary alicyclic amines) is 1. The van der Waals surface area contributed by atoms with Gasteiger partial charge in [0.15, 0.2) is 0 Å². The van der Waals surface area contributed by atoms with Crippen LogP contribution in [0.4, 0.5) is 4.79 Å². The Morgan fingerprint density at radius 3 is 2.58 bits per heavy atom. The van der Waals surface area contributed by atoms with E-state index in [0.717, 1.165) is 16.9 Å². The Labute approximate surface area is 198 Å². The molecule has 0 radical (unpaired) electrons. The zero-order valence-electron chi connectivity index (χ0n) is 18.6. The predicted octanol–water partition coefficient (Wildman–Crippen LogP) is 3.34. The standard InChI is InChI=1S/C25H28ClN3O4/c1-33-20-7-4-5-17(15-20)9-10-22(30)29-13-11-19(12-14-29)25(23(31)27-24(32)28-25)16-18-6-2-3-8-21(18)26/h2-8,15,19H,9-14,16H2,1H3,(H2,27,28,31,32). The molecule has 0 spiro atoms. The molecule has 0 bridgehead atoms. The molecule has 0 aromatic heterocycles. The van der Waals surface area contributed by atoms with E-state index in [1.54, 1.807) is 13.2 Å². The lowest BCUT2D eigenvalue weighted by Gasteiger charge is -2.41. The van der Waals surface area contributed by atoms with Crippen LogP contribution in [-0.4, -0.2) is 48.5 Å². The summed E-state index contributed by atoms with van der Waals surface area (Å²) in [5.41, 5.74) is 0.813. The topological polar surface area (TPSA) is 87.7 Å². The fraction of sp³-hybridized carbons (Fsp3) is 0.400. The van der Waals surface area contributed by atoms with Crippen molar-refractivity contribution in [1.82, 2.24) is 15.5 Å². The third-order valence-corrected chi connectivity index (χ3v) is 7.07. The lowest BCUT2D eigenvalue weighted by molar-refractivity contribution is -0.133. The van der Waals surface area contributed by atoms with Gasteiger partial charge in [0.05, 0.1) is 7.11 Å². The monoisotopic (exact) mass is 469 g/mol. The fourth-order valence-corrected chi connectivity index (χ4v) is 5.07. The summed E-state index contributed by atoms with van der Waals surface area (Å²) in [6.07, 6.45) is 2.63. The number of carbonyl (C=O) groups is 3. The Kier molecular flexibility index (Phi) is 6.88. The number of carbonyl (C=O) groups excluding carboxylic acids is 3. The molecule has 2 N–H and O–H groups in total. The van der Waals surface area contributed by atoms with Crippen LogP contribution < -0.4 is 15.4 Å². The van der Waals surface area contributed by atoms with Crippen molar-refractivity contribution < 1.29 is 19.1 Å². The van der Waals surface area contributed by atoms with Gasteiger partial charge in [-0.15, -0.1) is 0 Å². The van der Waals surface area contributed by atoms with Crippen LogP contribution in [-0.2, 0) is 22.4 Å². The highest BCUT2D eigenvalue weighted by atomic mass is 35.5. The summed E-state index contributed by atoms with van der Waals surface area (Å²) in [5.74, 6) is 0.454. The van der Waals surface area contributed by atoms with Crippen LogP contribution in [0.25, 0.3) is 0 Å². The van der Waals surface area contributed by atoms with Gasteiger partial charge in [-0.25, -0.2) is 4.79 Å². The van der Waals surface area contributed by atoms with Gasteiger partial charge in [-0.2, -0.15) is 0 Å². The van der Waals surface area contributed by atoms with Gasteiger partial charge in [-0.1, -0.05) is 41.9 Å². The van der Waals surface area contributed by atoms with E-state index in [1.165, 1.54) is 0 Å². The Hall–Kier alpha value is -3.06. The van der Waals surface area contributed by atoms with Crippen LogP contribution in [0.2, 0.25) is 5.02 Å². The highest BCUT2D eigenvalue weighted by Gasteiger charge is 2.52. The van der Waals surface area contributed by atoms with E-state index in [-0.39, 0.29) is 17.7 Å². The number of nitrogens with one attached hydrogen (secondary N) is 2. The minimum Gasteiger partial charge on any atom is -0.497 e. The fourth-order valence-electron chi connectivity index (χ4n) is 4.86. The maximum absolute atomic E-state index is 12.9. The first-order chi connectivity index (χ1) is 15.9. The molecular formula is C25H28ClN3O4. The number of hydrogen-bond acceptors (Lipinski definition) is 4. The van der Waals surface area contributed by atoms with E-state index in [9.17, 15) is 14.4 Å². The lowest BCUT2D eigenvalue weighted by Crippen LogP contribution is -2.58. The van der Waals surface area contributed by atoms with Crippen molar-refractivity contribution in [3.63, 3.8) is 0 Å². The molecule has 4 rings (SSSR count). The first-order valence-corrected chi connectivity index (χ1v) is 11.6. The molecule has 2 fully saturated rings. The molecule has 2 saturated heterocycles. The quantitative estimate of drug-likeness (QED) is 0.609. The number of ether oxygens (including phenoxy) is 1. The number of benzene rings is 2. The summed E-state index contributed by atoms with van der Waals surface area (Å²) in [6, 6.07) is 14.6. The second-order valence-corrected chi connectivity index (χ2v) is 9.06. The number of rotatable bonds is 7. The molecule has 8 heteroatoms. The van der Waals surface area contributed by atoms with Crippen molar-refractivity contribution in [1.29, 1.82) is 0 Å². The Balaban J connectivity index is 1.40. The van der Waals surface area contributed by atoms with Gasteiger partial charge in [-0.3, -0.25) is 14.9 Å². The number of urea groups is 1. The van der Waals surface area contributed by atoms with Crippen LogP contribution in [0.1, 0.15) is 30.4 Å². The third-order valence-electron chi connectivity index (χ3n) is 6.70. The maximum atomic E-state index is 12.9. The Morgan fingerprint density at radius 2 is 1.91 bits per heavy atom. The van der Waals surface area contributed by atoms with Crippen LogP contribution in [0, 0.1) is 5.92 Å². The molecule has 2 aromatic rings. The van der Waals surface area contributed by atoms with Crippen molar-refractivity contribution >= 4 is 29.4 Å². The highest BCUT2D eigenvalue weighted by molar-refractivity contribution is 6.31. The summed E-state index contributed by atoms with van der Waals surface area (Å²) in [5, 5.41) is 5.86. The minimum absolute atomic E-state index is 0.0938. The van der Waals surface area contributed by atoms with Gasteiger partial charge >= 0.3 is 6.03 Å².